The number of amides is 1. The van der Waals surface area contributed by atoms with Gasteiger partial charge in [0, 0.05) is 54.4 Å². The number of sulfonamides is 1. The molecule has 0 aliphatic rings. The number of carbonyl (C=O) groups is 1. The molecular formula is C25H32ClFN4O3S. The second-order valence-corrected chi connectivity index (χ2v) is 10.8. The number of nitrogens with two attached hydrogens (primary N) is 1. The molecule has 1 aromatic heterocycles. The molecule has 35 heavy (non-hydrogen) atoms. The maximum atomic E-state index is 14.5. The summed E-state index contributed by atoms with van der Waals surface area (Å²) < 4.78 is 42.9. The molecule has 0 radical (unpaired) electrons. The molecule has 0 saturated carbocycles. The van der Waals surface area contributed by atoms with Crippen LogP contribution in [-0.4, -0.2) is 49.9 Å². The summed E-state index contributed by atoms with van der Waals surface area (Å²) in [6, 6.07) is 11.9. The number of allylic oxidation sites excluding steroid dienone is 1. The molecule has 0 spiro atoms. The molecule has 0 unspecified atom stereocenters. The van der Waals surface area contributed by atoms with Crippen molar-refractivity contribution in [1.29, 1.82) is 0 Å². The second-order valence-electron chi connectivity index (χ2n) is 8.61. The van der Waals surface area contributed by atoms with E-state index >= 15 is 0 Å². The van der Waals surface area contributed by atoms with Crippen molar-refractivity contribution in [3.63, 3.8) is 0 Å². The predicted molar refractivity (Wildman–Crippen MR) is 141 cm³/mol. The first-order valence-corrected chi connectivity index (χ1v) is 12.4. The molecule has 1 amide bonds. The highest BCUT2D eigenvalue weighted by Gasteiger charge is 2.22. The number of nitrogens with zero attached hydrogens (tertiary/aromatic N) is 2. The standard InChI is InChI=1S/C25H31FN4O3S.ClH/c1-16(2)28-25(31)19-9-10-23-22(14-19)24(17(3)30(23)15-20(26)11-12-27)18-7-6-8-21(13-18)34(32,33)29(4)5;/h6-11,13-14,16H,12,15,27H2,1-5H3,(H,28,31);1H/b20-11-;. The monoisotopic (exact) mass is 522 g/mol. The molecule has 7 nitrogen and oxygen atoms in total. The SMILES string of the molecule is Cc1c(-c2cccc(S(=O)(=O)N(C)C)c2)c2cc(C(=O)NC(C)C)ccc2n1C/C(F)=C/CN.Cl. The third-order valence-electron chi connectivity index (χ3n) is 5.56. The van der Waals surface area contributed by atoms with Gasteiger partial charge >= 0.3 is 0 Å². The second kappa shape index (κ2) is 11.3. The molecule has 0 aliphatic carbocycles. The van der Waals surface area contributed by atoms with Crippen LogP contribution >= 0.6 is 12.4 Å². The summed E-state index contributed by atoms with van der Waals surface area (Å²) in [7, 11) is -0.694. The quantitative estimate of drug-likeness (QED) is 0.462. The average molecular weight is 523 g/mol. The van der Waals surface area contributed by atoms with E-state index in [-0.39, 0.29) is 48.2 Å². The number of carbonyl (C=O) groups excluding carboxylic acids is 1. The Labute approximate surface area is 212 Å². The summed E-state index contributed by atoms with van der Waals surface area (Å²) in [5, 5.41) is 3.61. The molecule has 3 rings (SSSR count). The minimum Gasteiger partial charge on any atom is -0.350 e. The van der Waals surface area contributed by atoms with Gasteiger partial charge in [0.05, 0.1) is 11.4 Å². The largest absolute Gasteiger partial charge is 0.350 e. The predicted octanol–water partition coefficient (Wildman–Crippen LogP) is 4.24. The zero-order valence-electron chi connectivity index (χ0n) is 20.5. The van der Waals surface area contributed by atoms with E-state index in [2.05, 4.69) is 5.32 Å². The zero-order valence-corrected chi connectivity index (χ0v) is 22.1. The van der Waals surface area contributed by atoms with Crippen molar-refractivity contribution in [2.45, 2.75) is 38.3 Å². The van der Waals surface area contributed by atoms with E-state index in [0.29, 0.717) is 11.1 Å². The smallest absolute Gasteiger partial charge is 0.251 e. The lowest BCUT2D eigenvalue weighted by atomic mass is 10.0. The van der Waals surface area contributed by atoms with Crippen LogP contribution in [0, 0.1) is 6.92 Å². The summed E-state index contributed by atoms with van der Waals surface area (Å²) in [6.07, 6.45) is 1.32. The Balaban J connectivity index is 0.00000432. The molecule has 0 atom stereocenters. The Morgan fingerprint density at radius 3 is 2.49 bits per heavy atom. The van der Waals surface area contributed by atoms with Crippen LogP contribution in [0.25, 0.3) is 22.0 Å². The van der Waals surface area contributed by atoms with Crippen LogP contribution in [0.2, 0.25) is 0 Å². The molecule has 0 bridgehead atoms. The summed E-state index contributed by atoms with van der Waals surface area (Å²) in [4.78, 5) is 12.8. The molecule has 3 N–H and O–H groups in total. The fourth-order valence-corrected chi connectivity index (χ4v) is 4.85. The molecule has 2 aromatic carbocycles. The maximum absolute atomic E-state index is 14.5. The summed E-state index contributed by atoms with van der Waals surface area (Å²) in [5.74, 6) is -0.592. The first-order valence-electron chi connectivity index (χ1n) is 11.0. The third kappa shape index (κ3) is 5.92. The first-order chi connectivity index (χ1) is 16.0. The minimum atomic E-state index is -3.65. The van der Waals surface area contributed by atoms with Crippen molar-refractivity contribution in [2.24, 2.45) is 5.73 Å². The van der Waals surface area contributed by atoms with Gasteiger partial charge in [-0.15, -0.1) is 12.4 Å². The van der Waals surface area contributed by atoms with Gasteiger partial charge in [-0.3, -0.25) is 4.79 Å². The number of nitrogens with one attached hydrogen (secondary N) is 1. The maximum Gasteiger partial charge on any atom is 0.251 e. The van der Waals surface area contributed by atoms with E-state index in [1.165, 1.54) is 20.2 Å². The fourth-order valence-electron chi connectivity index (χ4n) is 3.90. The van der Waals surface area contributed by atoms with Gasteiger partial charge in [0.2, 0.25) is 10.0 Å². The molecule has 190 valence electrons. The highest BCUT2D eigenvalue weighted by Crippen LogP contribution is 2.37. The van der Waals surface area contributed by atoms with Gasteiger partial charge in [0.25, 0.3) is 5.91 Å². The summed E-state index contributed by atoms with van der Waals surface area (Å²) >= 11 is 0. The number of hydrogen-bond acceptors (Lipinski definition) is 4. The Bertz CT molecular complexity index is 1360. The topological polar surface area (TPSA) is 97.4 Å². The minimum absolute atomic E-state index is 0. The van der Waals surface area contributed by atoms with E-state index in [0.717, 1.165) is 26.5 Å². The number of halogens is 2. The van der Waals surface area contributed by atoms with Gasteiger partial charge in [0.1, 0.15) is 5.83 Å². The number of hydrogen-bond donors (Lipinski definition) is 2. The first kappa shape index (κ1) is 28.5. The molecule has 1 heterocycles. The average Bonchev–Trinajstić information content (AvgIpc) is 3.04. The number of rotatable bonds is 8. The molecule has 0 aliphatic heterocycles. The van der Waals surface area contributed by atoms with Crippen LogP contribution in [0.4, 0.5) is 4.39 Å². The Kier molecular flexibility index (Phi) is 9.24. The van der Waals surface area contributed by atoms with Crippen LogP contribution in [0.3, 0.4) is 0 Å². The Morgan fingerprint density at radius 1 is 1.20 bits per heavy atom. The summed E-state index contributed by atoms with van der Waals surface area (Å²) in [5.41, 5.74) is 8.82. The lowest BCUT2D eigenvalue weighted by Gasteiger charge is -2.13. The molecule has 0 saturated heterocycles. The highest BCUT2D eigenvalue weighted by molar-refractivity contribution is 7.89. The van der Waals surface area contributed by atoms with E-state index in [1.807, 2.05) is 31.4 Å². The van der Waals surface area contributed by atoms with Gasteiger partial charge in [-0.1, -0.05) is 12.1 Å². The normalized spacial score (nSPS) is 12.3. The van der Waals surface area contributed by atoms with Crippen molar-refractivity contribution in [3.8, 4) is 11.1 Å². The molecule has 3 aromatic rings. The van der Waals surface area contributed by atoms with Crippen molar-refractivity contribution < 1.29 is 17.6 Å². The van der Waals surface area contributed by atoms with Gasteiger partial charge < -0.3 is 15.6 Å². The van der Waals surface area contributed by atoms with Crippen molar-refractivity contribution in [1.82, 2.24) is 14.2 Å². The Morgan fingerprint density at radius 2 is 1.89 bits per heavy atom. The number of fused-ring (bicyclic) bond motifs is 1. The number of benzene rings is 2. The van der Waals surface area contributed by atoms with Gasteiger partial charge in [-0.05, 0) is 62.7 Å². The van der Waals surface area contributed by atoms with Crippen molar-refractivity contribution >= 4 is 39.2 Å². The number of aromatic nitrogens is 1. The van der Waals surface area contributed by atoms with E-state index < -0.39 is 10.0 Å². The Hall–Kier alpha value is -2.72. The van der Waals surface area contributed by atoms with Crippen molar-refractivity contribution in [2.75, 3.05) is 20.6 Å². The van der Waals surface area contributed by atoms with Crippen LogP contribution in [0.1, 0.15) is 29.9 Å². The third-order valence-corrected chi connectivity index (χ3v) is 7.37. The lowest BCUT2D eigenvalue weighted by Crippen LogP contribution is -2.29. The van der Waals surface area contributed by atoms with Gasteiger partial charge in [-0.25, -0.2) is 17.1 Å². The highest BCUT2D eigenvalue weighted by atomic mass is 35.5. The van der Waals surface area contributed by atoms with Crippen LogP contribution in [-0.2, 0) is 16.6 Å². The van der Waals surface area contributed by atoms with Gasteiger partial charge in [-0.2, -0.15) is 0 Å². The fraction of sp³-hybridized carbons (Fsp3) is 0.320. The van der Waals surface area contributed by atoms with Crippen LogP contribution < -0.4 is 11.1 Å². The van der Waals surface area contributed by atoms with E-state index in [9.17, 15) is 17.6 Å². The molecule has 0 fully saturated rings. The van der Waals surface area contributed by atoms with E-state index in [1.54, 1.807) is 36.4 Å². The van der Waals surface area contributed by atoms with E-state index in [4.69, 9.17) is 5.73 Å². The zero-order chi connectivity index (χ0) is 25.2. The van der Waals surface area contributed by atoms with Crippen LogP contribution in [0.5, 0.6) is 0 Å². The lowest BCUT2D eigenvalue weighted by molar-refractivity contribution is 0.0943. The van der Waals surface area contributed by atoms with Gasteiger partial charge in [0.15, 0.2) is 0 Å². The van der Waals surface area contributed by atoms with Crippen LogP contribution in [0.15, 0.2) is 59.3 Å². The van der Waals surface area contributed by atoms with Crippen molar-refractivity contribution in [3.05, 3.63) is 65.6 Å². The summed E-state index contributed by atoms with van der Waals surface area (Å²) in [6.45, 7) is 5.68. The molecular weight excluding hydrogens is 491 g/mol. The molecule has 10 heteroatoms.